The lowest BCUT2D eigenvalue weighted by molar-refractivity contribution is -0.169. The first-order valence-electron chi connectivity index (χ1n) is 14.0. The van der Waals surface area contributed by atoms with Gasteiger partial charge in [-0.15, -0.1) is 0 Å². The molecule has 4 rings (SSSR count). The van der Waals surface area contributed by atoms with Gasteiger partial charge in [0, 0.05) is 44.0 Å². The number of rotatable bonds is 10. The Balaban J connectivity index is 1.42. The topological polar surface area (TPSA) is 132 Å². The molecule has 0 saturated carbocycles. The van der Waals surface area contributed by atoms with Crippen LogP contribution in [0, 0.1) is 5.82 Å². The standard InChI is InChI=1S/C31H37FN4O7/c1-31(2,3)42-30(39)34-24-16-25(36(4)5)22(32)15-23(24)33-28(38)17-26(37)19-9-8-10-20(13-19)27-14-21(35-43-27)18-41-29-11-6-7-12-40-29/h8-10,13-16,29H,6-7,11-12,17-18H2,1-5H3,(H,33,38)(H,34,39). The Labute approximate surface area is 249 Å². The van der Waals surface area contributed by atoms with E-state index < -0.39 is 35.6 Å². The predicted molar refractivity (Wildman–Crippen MR) is 158 cm³/mol. The summed E-state index contributed by atoms with van der Waals surface area (Å²) in [6.45, 7) is 6.02. The lowest BCUT2D eigenvalue weighted by Gasteiger charge is -2.22. The summed E-state index contributed by atoms with van der Waals surface area (Å²) in [5.41, 5.74) is 0.967. The summed E-state index contributed by atoms with van der Waals surface area (Å²) in [4.78, 5) is 39.9. The van der Waals surface area contributed by atoms with E-state index in [0.717, 1.165) is 25.3 Å². The third-order valence-corrected chi connectivity index (χ3v) is 6.38. The van der Waals surface area contributed by atoms with Crippen molar-refractivity contribution < 1.29 is 37.5 Å². The van der Waals surface area contributed by atoms with Gasteiger partial charge in [0.05, 0.1) is 30.1 Å². The maximum absolute atomic E-state index is 14.8. The Hall–Kier alpha value is -4.29. The zero-order valence-corrected chi connectivity index (χ0v) is 25.0. The first-order valence-corrected chi connectivity index (χ1v) is 14.0. The van der Waals surface area contributed by atoms with E-state index in [0.29, 0.717) is 23.6 Å². The van der Waals surface area contributed by atoms with Crippen molar-refractivity contribution in [2.24, 2.45) is 0 Å². The van der Waals surface area contributed by atoms with Crippen molar-refractivity contribution in [1.82, 2.24) is 5.16 Å². The van der Waals surface area contributed by atoms with Crippen molar-refractivity contribution in [3.8, 4) is 11.3 Å². The first kappa shape index (κ1) is 31.6. The molecule has 1 aliphatic rings. The van der Waals surface area contributed by atoms with Gasteiger partial charge < -0.3 is 29.0 Å². The number of halogens is 1. The van der Waals surface area contributed by atoms with Crippen molar-refractivity contribution in [3.05, 3.63) is 59.5 Å². The molecule has 1 unspecified atom stereocenters. The van der Waals surface area contributed by atoms with Crippen LogP contribution in [0.2, 0.25) is 0 Å². The molecule has 1 atom stereocenters. The number of hydrogen-bond acceptors (Lipinski definition) is 9. The Morgan fingerprint density at radius 2 is 1.84 bits per heavy atom. The van der Waals surface area contributed by atoms with Crippen molar-refractivity contribution in [2.75, 3.05) is 36.2 Å². The average molecular weight is 597 g/mol. The van der Waals surface area contributed by atoms with Gasteiger partial charge >= 0.3 is 6.09 Å². The van der Waals surface area contributed by atoms with Gasteiger partial charge in [-0.05, 0) is 52.2 Å². The first-order chi connectivity index (χ1) is 20.4. The molecule has 2 aromatic carbocycles. The van der Waals surface area contributed by atoms with E-state index >= 15 is 0 Å². The van der Waals surface area contributed by atoms with Gasteiger partial charge in [0.25, 0.3) is 0 Å². The minimum atomic E-state index is -0.781. The fourth-order valence-corrected chi connectivity index (χ4v) is 4.35. The molecule has 2 amide bonds. The Morgan fingerprint density at radius 1 is 1.07 bits per heavy atom. The lowest BCUT2D eigenvalue weighted by atomic mass is 10.0. The normalized spacial score (nSPS) is 15.1. The highest BCUT2D eigenvalue weighted by Crippen LogP contribution is 2.31. The van der Waals surface area contributed by atoms with E-state index in [4.69, 9.17) is 18.7 Å². The minimum absolute atomic E-state index is 0.0180. The highest BCUT2D eigenvalue weighted by molar-refractivity contribution is 6.12. The molecule has 2 N–H and O–H groups in total. The molecule has 0 spiro atoms. The molecular formula is C31H37FN4O7. The largest absolute Gasteiger partial charge is 0.444 e. The van der Waals surface area contributed by atoms with Gasteiger partial charge in [-0.1, -0.05) is 23.4 Å². The molecule has 230 valence electrons. The van der Waals surface area contributed by atoms with Crippen LogP contribution in [0.3, 0.4) is 0 Å². The van der Waals surface area contributed by atoms with Crippen LogP contribution in [-0.2, 0) is 25.6 Å². The van der Waals surface area contributed by atoms with Gasteiger partial charge in [-0.2, -0.15) is 0 Å². The third kappa shape index (κ3) is 9.10. The summed E-state index contributed by atoms with van der Waals surface area (Å²) in [6, 6.07) is 10.8. The summed E-state index contributed by atoms with van der Waals surface area (Å²) < 4.78 is 36.9. The summed E-state index contributed by atoms with van der Waals surface area (Å²) in [6.07, 6.45) is 1.35. The number of carbonyl (C=O) groups excluding carboxylic acids is 3. The van der Waals surface area contributed by atoms with Crippen LogP contribution in [0.1, 0.15) is 62.5 Å². The number of carbonyl (C=O) groups is 3. The molecule has 1 saturated heterocycles. The van der Waals surface area contributed by atoms with Gasteiger partial charge in [-0.3, -0.25) is 14.9 Å². The maximum Gasteiger partial charge on any atom is 0.412 e. The number of Topliss-reactive ketones (excluding diaryl/α,β-unsaturated/α-hetero) is 1. The van der Waals surface area contributed by atoms with Crippen LogP contribution in [-0.4, -0.2) is 55.5 Å². The van der Waals surface area contributed by atoms with Crippen LogP contribution < -0.4 is 15.5 Å². The van der Waals surface area contributed by atoms with Crippen LogP contribution >= 0.6 is 0 Å². The molecule has 3 aromatic rings. The van der Waals surface area contributed by atoms with Crippen LogP contribution in [0.5, 0.6) is 0 Å². The number of ketones is 1. The van der Waals surface area contributed by atoms with Gasteiger partial charge in [0.1, 0.15) is 17.1 Å². The molecule has 1 aliphatic heterocycles. The van der Waals surface area contributed by atoms with E-state index in [-0.39, 0.29) is 35.5 Å². The molecule has 11 nitrogen and oxygen atoms in total. The molecule has 1 fully saturated rings. The second-order valence-electron chi connectivity index (χ2n) is 11.4. The second kappa shape index (κ2) is 13.8. The summed E-state index contributed by atoms with van der Waals surface area (Å²) in [7, 11) is 3.28. The van der Waals surface area contributed by atoms with Crippen molar-refractivity contribution in [3.63, 3.8) is 0 Å². The molecule has 0 bridgehead atoms. The predicted octanol–water partition coefficient (Wildman–Crippen LogP) is 6.15. The Bertz CT molecular complexity index is 1460. The van der Waals surface area contributed by atoms with Crippen molar-refractivity contribution in [1.29, 1.82) is 0 Å². The van der Waals surface area contributed by atoms with Gasteiger partial charge in [0.2, 0.25) is 5.91 Å². The number of amides is 2. The van der Waals surface area contributed by atoms with E-state index in [9.17, 15) is 18.8 Å². The van der Waals surface area contributed by atoms with Crippen molar-refractivity contribution in [2.45, 2.75) is 65.0 Å². The fraction of sp³-hybridized carbons (Fsp3) is 0.419. The molecular weight excluding hydrogens is 559 g/mol. The van der Waals surface area contributed by atoms with E-state index in [1.54, 1.807) is 65.2 Å². The molecule has 2 heterocycles. The van der Waals surface area contributed by atoms with E-state index in [2.05, 4.69) is 15.8 Å². The van der Waals surface area contributed by atoms with Crippen LogP contribution in [0.4, 0.5) is 26.2 Å². The lowest BCUT2D eigenvalue weighted by Crippen LogP contribution is -2.28. The summed E-state index contributed by atoms with van der Waals surface area (Å²) in [5, 5.41) is 9.13. The monoisotopic (exact) mass is 596 g/mol. The van der Waals surface area contributed by atoms with E-state index in [1.807, 2.05) is 0 Å². The molecule has 12 heteroatoms. The highest BCUT2D eigenvalue weighted by atomic mass is 19.1. The van der Waals surface area contributed by atoms with Crippen LogP contribution in [0.15, 0.2) is 47.0 Å². The number of ether oxygens (including phenoxy) is 3. The molecule has 1 aromatic heterocycles. The van der Waals surface area contributed by atoms with Gasteiger partial charge in [0.15, 0.2) is 17.8 Å². The second-order valence-corrected chi connectivity index (χ2v) is 11.4. The highest BCUT2D eigenvalue weighted by Gasteiger charge is 2.22. The number of hydrogen-bond donors (Lipinski definition) is 2. The molecule has 0 aliphatic carbocycles. The molecule has 0 radical (unpaired) electrons. The third-order valence-electron chi connectivity index (χ3n) is 6.38. The summed E-state index contributed by atoms with van der Waals surface area (Å²) >= 11 is 0. The number of benzene rings is 2. The smallest absolute Gasteiger partial charge is 0.412 e. The summed E-state index contributed by atoms with van der Waals surface area (Å²) in [5.74, 6) is -1.35. The number of aromatic nitrogens is 1. The quantitative estimate of drug-likeness (QED) is 0.209. The maximum atomic E-state index is 14.8. The van der Waals surface area contributed by atoms with Crippen LogP contribution in [0.25, 0.3) is 11.3 Å². The zero-order chi connectivity index (χ0) is 31.1. The number of nitrogens with one attached hydrogen (secondary N) is 2. The van der Waals surface area contributed by atoms with E-state index in [1.165, 1.54) is 11.0 Å². The minimum Gasteiger partial charge on any atom is -0.444 e. The SMILES string of the molecule is CN(C)c1cc(NC(=O)OC(C)(C)C)c(NC(=O)CC(=O)c2cccc(-c3cc(COC4CCCCO4)no3)c2)cc1F. The average Bonchev–Trinajstić information content (AvgIpc) is 3.42. The molecule has 43 heavy (non-hydrogen) atoms. The number of anilines is 3. The Kier molecular flexibility index (Phi) is 10.1. The van der Waals surface area contributed by atoms with Gasteiger partial charge in [-0.25, -0.2) is 9.18 Å². The fourth-order valence-electron chi connectivity index (χ4n) is 4.35. The number of nitrogens with zero attached hydrogens (tertiary/aromatic N) is 2. The Morgan fingerprint density at radius 3 is 2.53 bits per heavy atom. The zero-order valence-electron chi connectivity index (χ0n) is 25.0. The van der Waals surface area contributed by atoms with Crippen molar-refractivity contribution >= 4 is 34.8 Å².